The third-order valence-electron chi connectivity index (χ3n) is 4.97. The van der Waals surface area contributed by atoms with E-state index in [-0.39, 0.29) is 24.0 Å². The highest BCUT2D eigenvalue weighted by Gasteiger charge is 2.23. The fourth-order valence-corrected chi connectivity index (χ4v) is 3.81. The van der Waals surface area contributed by atoms with Gasteiger partial charge in [0.25, 0.3) is 5.69 Å². The molecule has 182 valence electrons. The largest absolute Gasteiger partial charge is 0.368 e. The van der Waals surface area contributed by atoms with E-state index < -0.39 is 4.92 Å². The van der Waals surface area contributed by atoms with Gasteiger partial charge in [-0.3, -0.25) is 14.9 Å². The van der Waals surface area contributed by atoms with Crippen LogP contribution in [0, 0.1) is 10.1 Å². The summed E-state index contributed by atoms with van der Waals surface area (Å²) < 4.78 is 0. The SMILES string of the molecule is Cl.O=C1CC=CCN1c1cnc(NCCNc2ccc([N+](=O)[O-])cn2)nc1-c1ccc(Cl)cc1Cl. The second-order valence-corrected chi connectivity index (χ2v) is 8.09. The van der Waals surface area contributed by atoms with Gasteiger partial charge in [0.2, 0.25) is 11.9 Å². The van der Waals surface area contributed by atoms with E-state index in [1.165, 1.54) is 18.3 Å². The summed E-state index contributed by atoms with van der Waals surface area (Å²) in [5.74, 6) is 0.801. The summed E-state index contributed by atoms with van der Waals surface area (Å²) in [7, 11) is 0. The summed E-state index contributed by atoms with van der Waals surface area (Å²) in [4.78, 5) is 37.3. The van der Waals surface area contributed by atoms with E-state index in [1.807, 2.05) is 12.2 Å². The van der Waals surface area contributed by atoms with E-state index in [2.05, 4.69) is 25.6 Å². The van der Waals surface area contributed by atoms with Crippen molar-refractivity contribution < 1.29 is 9.72 Å². The summed E-state index contributed by atoms with van der Waals surface area (Å²) in [6.07, 6.45) is 6.83. The maximum Gasteiger partial charge on any atom is 0.287 e. The number of nitro groups is 1. The summed E-state index contributed by atoms with van der Waals surface area (Å²) in [5.41, 5.74) is 1.61. The van der Waals surface area contributed by atoms with Gasteiger partial charge < -0.3 is 15.5 Å². The highest BCUT2D eigenvalue weighted by atomic mass is 35.5. The van der Waals surface area contributed by atoms with Crippen LogP contribution < -0.4 is 15.5 Å². The van der Waals surface area contributed by atoms with E-state index in [0.29, 0.717) is 64.8 Å². The van der Waals surface area contributed by atoms with Gasteiger partial charge >= 0.3 is 0 Å². The van der Waals surface area contributed by atoms with E-state index in [1.54, 1.807) is 29.3 Å². The maximum atomic E-state index is 12.5. The van der Waals surface area contributed by atoms with Crippen LogP contribution >= 0.6 is 35.6 Å². The Morgan fingerprint density at radius 1 is 1.06 bits per heavy atom. The van der Waals surface area contributed by atoms with Crippen molar-refractivity contribution in [2.24, 2.45) is 0 Å². The van der Waals surface area contributed by atoms with Gasteiger partial charge in [-0.05, 0) is 24.3 Å². The van der Waals surface area contributed by atoms with E-state index in [4.69, 9.17) is 23.2 Å². The van der Waals surface area contributed by atoms with Crippen LogP contribution in [-0.2, 0) is 4.79 Å². The molecule has 1 amide bonds. The minimum atomic E-state index is -0.502. The highest BCUT2D eigenvalue weighted by Crippen LogP contribution is 2.36. The molecule has 13 heteroatoms. The minimum absolute atomic E-state index is 0. The van der Waals surface area contributed by atoms with E-state index in [0.717, 1.165) is 0 Å². The first-order chi connectivity index (χ1) is 16.4. The first kappa shape index (κ1) is 26.1. The topological polar surface area (TPSA) is 126 Å². The first-order valence-corrected chi connectivity index (χ1v) is 11.0. The zero-order valence-electron chi connectivity index (χ0n) is 18.1. The average molecular weight is 537 g/mol. The van der Waals surface area contributed by atoms with Gasteiger partial charge in [0.1, 0.15) is 17.7 Å². The molecule has 1 aliphatic heterocycles. The molecule has 10 nitrogen and oxygen atoms in total. The second-order valence-electron chi connectivity index (χ2n) is 7.24. The zero-order valence-corrected chi connectivity index (χ0v) is 20.5. The number of nitrogens with one attached hydrogen (secondary N) is 2. The number of anilines is 3. The lowest BCUT2D eigenvalue weighted by atomic mass is 10.1. The fraction of sp³-hybridized carbons (Fsp3) is 0.182. The number of halogens is 3. The van der Waals surface area contributed by atoms with Crippen LogP contribution in [0.5, 0.6) is 0 Å². The Bertz CT molecular complexity index is 1260. The van der Waals surface area contributed by atoms with Crippen molar-refractivity contribution in [3.63, 3.8) is 0 Å². The van der Waals surface area contributed by atoms with Crippen molar-refractivity contribution in [2.45, 2.75) is 6.42 Å². The van der Waals surface area contributed by atoms with Crippen LogP contribution in [0.1, 0.15) is 6.42 Å². The molecule has 2 aromatic heterocycles. The number of carbonyl (C=O) groups is 1. The molecule has 3 heterocycles. The van der Waals surface area contributed by atoms with Gasteiger partial charge in [0, 0.05) is 42.7 Å². The molecule has 0 fully saturated rings. The van der Waals surface area contributed by atoms with Crippen molar-refractivity contribution in [2.75, 3.05) is 35.2 Å². The molecule has 0 radical (unpaired) electrons. The standard InChI is InChI=1S/C22H19Cl2N7O3.ClH/c23-14-4-6-16(17(24)11-14)21-18(30-10-2-1-3-20(30)32)13-28-22(29-21)26-9-8-25-19-7-5-15(12-27-19)31(33)34;/h1-2,4-7,11-13H,3,8-10H2,(H,25,27)(H,26,28,29);1H. The summed E-state index contributed by atoms with van der Waals surface area (Å²) in [6, 6.07) is 8.00. The number of hydrogen-bond donors (Lipinski definition) is 2. The number of nitrogens with zero attached hydrogens (tertiary/aromatic N) is 5. The number of aromatic nitrogens is 3. The molecule has 3 aromatic rings. The third-order valence-corrected chi connectivity index (χ3v) is 5.52. The van der Waals surface area contributed by atoms with Gasteiger partial charge in [-0.2, -0.15) is 0 Å². The Kier molecular flexibility index (Phi) is 8.80. The van der Waals surface area contributed by atoms with Crippen LogP contribution in [0.4, 0.5) is 23.1 Å². The molecule has 1 aliphatic rings. The lowest BCUT2D eigenvalue weighted by Gasteiger charge is -2.25. The van der Waals surface area contributed by atoms with Gasteiger partial charge in [0.05, 0.1) is 21.8 Å². The molecule has 0 spiro atoms. The summed E-state index contributed by atoms with van der Waals surface area (Å²) in [6.45, 7) is 1.32. The fourth-order valence-electron chi connectivity index (χ4n) is 3.31. The normalized spacial score (nSPS) is 12.7. The van der Waals surface area contributed by atoms with Gasteiger partial charge in [0.15, 0.2) is 0 Å². The Morgan fingerprint density at radius 3 is 2.54 bits per heavy atom. The highest BCUT2D eigenvalue weighted by molar-refractivity contribution is 6.36. The number of rotatable bonds is 8. The molecule has 0 atom stereocenters. The molecule has 35 heavy (non-hydrogen) atoms. The molecular formula is C22H20Cl3N7O3. The molecule has 0 unspecified atom stereocenters. The second kappa shape index (κ2) is 11.8. The molecule has 1 aromatic carbocycles. The lowest BCUT2D eigenvalue weighted by molar-refractivity contribution is -0.385. The molecule has 0 saturated carbocycles. The smallest absolute Gasteiger partial charge is 0.287 e. The minimum Gasteiger partial charge on any atom is -0.368 e. The van der Waals surface area contributed by atoms with E-state index in [9.17, 15) is 14.9 Å². The molecule has 0 bridgehead atoms. The Hall–Kier alpha value is -3.47. The average Bonchev–Trinajstić information content (AvgIpc) is 2.83. The van der Waals surface area contributed by atoms with Gasteiger partial charge in [-0.15, -0.1) is 12.4 Å². The van der Waals surface area contributed by atoms with Gasteiger partial charge in [-0.25, -0.2) is 15.0 Å². The summed E-state index contributed by atoms with van der Waals surface area (Å²) >= 11 is 12.5. The number of carbonyl (C=O) groups excluding carboxylic acids is 1. The van der Waals surface area contributed by atoms with Crippen LogP contribution in [-0.4, -0.2) is 45.4 Å². The number of amides is 1. The molecule has 0 saturated heterocycles. The number of hydrogen-bond acceptors (Lipinski definition) is 8. The van der Waals surface area contributed by atoms with Crippen molar-refractivity contribution in [1.29, 1.82) is 0 Å². The Balaban J connectivity index is 0.00000342. The molecule has 0 aliphatic carbocycles. The molecule has 2 N–H and O–H groups in total. The zero-order chi connectivity index (χ0) is 24.1. The van der Waals surface area contributed by atoms with E-state index >= 15 is 0 Å². The van der Waals surface area contributed by atoms with Crippen LogP contribution in [0.15, 0.2) is 54.9 Å². The first-order valence-electron chi connectivity index (χ1n) is 10.3. The number of pyridine rings is 1. The predicted molar refractivity (Wildman–Crippen MR) is 139 cm³/mol. The lowest BCUT2D eigenvalue weighted by Crippen LogP contribution is -2.33. The van der Waals surface area contributed by atoms with Crippen LogP contribution in [0.2, 0.25) is 10.0 Å². The maximum absolute atomic E-state index is 12.5. The van der Waals surface area contributed by atoms with Crippen molar-refractivity contribution in [1.82, 2.24) is 15.0 Å². The van der Waals surface area contributed by atoms with Crippen LogP contribution in [0.3, 0.4) is 0 Å². The van der Waals surface area contributed by atoms with Gasteiger partial charge in [-0.1, -0.05) is 35.4 Å². The van der Waals surface area contributed by atoms with Crippen molar-refractivity contribution in [3.8, 4) is 11.3 Å². The molecular weight excluding hydrogens is 517 g/mol. The quantitative estimate of drug-likeness (QED) is 0.178. The monoisotopic (exact) mass is 535 g/mol. The Morgan fingerprint density at radius 2 is 1.86 bits per heavy atom. The number of benzene rings is 1. The van der Waals surface area contributed by atoms with Crippen LogP contribution in [0.25, 0.3) is 11.3 Å². The summed E-state index contributed by atoms with van der Waals surface area (Å²) in [5, 5.41) is 17.8. The Labute approximate surface area is 216 Å². The third kappa shape index (κ3) is 6.36. The molecule has 4 rings (SSSR count). The van der Waals surface area contributed by atoms with Crippen molar-refractivity contribution >= 4 is 64.7 Å². The van der Waals surface area contributed by atoms with Crippen molar-refractivity contribution in [3.05, 3.63) is 75.0 Å². The predicted octanol–water partition coefficient (Wildman–Crippen LogP) is 4.99.